The van der Waals surface area contributed by atoms with Gasteiger partial charge in [-0.3, -0.25) is 9.69 Å². The van der Waals surface area contributed by atoms with E-state index in [1.807, 2.05) is 26.0 Å². The molecule has 1 aliphatic rings. The van der Waals surface area contributed by atoms with Crippen molar-refractivity contribution in [3.8, 4) is 5.75 Å². The molecular weight excluding hydrogens is 270 g/mol. The molecule has 0 bridgehead atoms. The van der Waals surface area contributed by atoms with Crippen molar-refractivity contribution in [3.05, 3.63) is 24.3 Å². The van der Waals surface area contributed by atoms with Gasteiger partial charge in [0.2, 0.25) is 5.91 Å². The van der Waals surface area contributed by atoms with Crippen LogP contribution >= 0.6 is 0 Å². The first kappa shape index (κ1) is 15.4. The largest absolute Gasteiger partial charge is 0.491 e. The Balaban J connectivity index is 2.23. The Hall–Kier alpha value is -2.04. The minimum absolute atomic E-state index is 0.0471. The smallest absolute Gasteiger partial charge is 0.328 e. The molecule has 5 nitrogen and oxygen atoms in total. The zero-order valence-corrected chi connectivity index (χ0v) is 12.7. The fourth-order valence-corrected chi connectivity index (χ4v) is 2.51. The third-order valence-electron chi connectivity index (χ3n) is 3.41. The minimum Gasteiger partial charge on any atom is -0.491 e. The number of piperidine rings is 1. The van der Waals surface area contributed by atoms with Crippen LogP contribution < -0.4 is 9.64 Å². The van der Waals surface area contributed by atoms with E-state index >= 15 is 0 Å². The Kier molecular flexibility index (Phi) is 4.83. The third kappa shape index (κ3) is 3.54. The van der Waals surface area contributed by atoms with E-state index in [0.29, 0.717) is 24.9 Å². The molecule has 1 saturated heterocycles. The van der Waals surface area contributed by atoms with Crippen LogP contribution in [0.4, 0.5) is 5.69 Å². The summed E-state index contributed by atoms with van der Waals surface area (Å²) in [5, 5.41) is 0. The number of methoxy groups -OCH3 is 1. The molecule has 0 aromatic heterocycles. The average Bonchev–Trinajstić information content (AvgIpc) is 2.46. The maximum Gasteiger partial charge on any atom is 0.328 e. The van der Waals surface area contributed by atoms with E-state index in [2.05, 4.69) is 0 Å². The molecule has 0 saturated carbocycles. The fraction of sp³-hybridized carbons (Fsp3) is 0.500. The van der Waals surface area contributed by atoms with Gasteiger partial charge < -0.3 is 9.47 Å². The molecule has 0 radical (unpaired) electrons. The third-order valence-corrected chi connectivity index (χ3v) is 3.41. The SMILES string of the molecule is COC(=O)C1CCCC(=O)N1c1ccc(OC(C)C)cc1. The van der Waals surface area contributed by atoms with Crippen molar-refractivity contribution in [2.24, 2.45) is 0 Å². The molecule has 0 aliphatic carbocycles. The maximum atomic E-state index is 12.2. The Morgan fingerprint density at radius 1 is 1.29 bits per heavy atom. The topological polar surface area (TPSA) is 55.8 Å². The van der Waals surface area contributed by atoms with Gasteiger partial charge in [-0.15, -0.1) is 0 Å². The van der Waals surface area contributed by atoms with Gasteiger partial charge in [-0.05, 0) is 51.0 Å². The summed E-state index contributed by atoms with van der Waals surface area (Å²) in [5.74, 6) is 0.326. The summed E-state index contributed by atoms with van der Waals surface area (Å²) in [6.45, 7) is 3.91. The number of hydrogen-bond donors (Lipinski definition) is 0. The van der Waals surface area contributed by atoms with Gasteiger partial charge in [0.1, 0.15) is 11.8 Å². The van der Waals surface area contributed by atoms with Gasteiger partial charge in [0.25, 0.3) is 0 Å². The van der Waals surface area contributed by atoms with Crippen molar-refractivity contribution in [2.45, 2.75) is 45.3 Å². The molecule has 5 heteroatoms. The molecule has 1 fully saturated rings. The fourth-order valence-electron chi connectivity index (χ4n) is 2.51. The summed E-state index contributed by atoms with van der Waals surface area (Å²) in [7, 11) is 1.35. The summed E-state index contributed by atoms with van der Waals surface area (Å²) < 4.78 is 10.4. The summed E-state index contributed by atoms with van der Waals surface area (Å²) in [6, 6.07) is 6.69. The molecule has 0 spiro atoms. The van der Waals surface area contributed by atoms with E-state index < -0.39 is 6.04 Å². The number of anilines is 1. The second-order valence-corrected chi connectivity index (χ2v) is 5.36. The summed E-state index contributed by atoms with van der Waals surface area (Å²) in [4.78, 5) is 25.6. The van der Waals surface area contributed by atoms with Gasteiger partial charge in [-0.1, -0.05) is 0 Å². The number of esters is 1. The number of rotatable bonds is 4. The zero-order valence-electron chi connectivity index (χ0n) is 12.7. The van der Waals surface area contributed by atoms with E-state index in [9.17, 15) is 9.59 Å². The number of amides is 1. The van der Waals surface area contributed by atoms with Crippen LogP contribution in [0.15, 0.2) is 24.3 Å². The van der Waals surface area contributed by atoms with Crippen LogP contribution in [0.2, 0.25) is 0 Å². The van der Waals surface area contributed by atoms with Gasteiger partial charge >= 0.3 is 5.97 Å². The molecule has 21 heavy (non-hydrogen) atoms. The molecule has 0 N–H and O–H groups in total. The van der Waals surface area contributed by atoms with Crippen molar-refractivity contribution >= 4 is 17.6 Å². The van der Waals surface area contributed by atoms with Crippen molar-refractivity contribution < 1.29 is 19.1 Å². The first-order valence-corrected chi connectivity index (χ1v) is 7.19. The van der Waals surface area contributed by atoms with Crippen molar-refractivity contribution in [1.82, 2.24) is 0 Å². The molecule has 1 aromatic rings. The van der Waals surface area contributed by atoms with Gasteiger partial charge in [0, 0.05) is 12.1 Å². The Morgan fingerprint density at radius 2 is 1.95 bits per heavy atom. The van der Waals surface area contributed by atoms with Crippen LogP contribution in [-0.2, 0) is 14.3 Å². The molecule has 1 amide bonds. The standard InChI is InChI=1S/C16H21NO4/c1-11(2)21-13-9-7-12(8-10-13)17-14(16(19)20-3)5-4-6-15(17)18/h7-11,14H,4-6H2,1-3H3. The molecule has 1 heterocycles. The normalized spacial score (nSPS) is 18.8. The monoisotopic (exact) mass is 291 g/mol. The zero-order chi connectivity index (χ0) is 15.4. The van der Waals surface area contributed by atoms with Crippen LogP contribution in [0.25, 0.3) is 0 Å². The van der Waals surface area contributed by atoms with E-state index in [1.54, 1.807) is 12.1 Å². The van der Waals surface area contributed by atoms with Crippen molar-refractivity contribution in [3.63, 3.8) is 0 Å². The molecule has 1 aromatic carbocycles. The number of hydrogen-bond acceptors (Lipinski definition) is 4. The minimum atomic E-state index is -0.534. The Morgan fingerprint density at radius 3 is 2.52 bits per heavy atom. The van der Waals surface area contributed by atoms with Gasteiger partial charge in [0.15, 0.2) is 0 Å². The van der Waals surface area contributed by atoms with Crippen LogP contribution in [0, 0.1) is 0 Å². The highest BCUT2D eigenvalue weighted by Gasteiger charge is 2.34. The quantitative estimate of drug-likeness (QED) is 0.800. The van der Waals surface area contributed by atoms with E-state index in [4.69, 9.17) is 9.47 Å². The lowest BCUT2D eigenvalue weighted by atomic mass is 10.0. The highest BCUT2D eigenvalue weighted by molar-refractivity contribution is 6.00. The van der Waals surface area contributed by atoms with E-state index in [1.165, 1.54) is 12.0 Å². The van der Waals surface area contributed by atoms with Gasteiger partial charge in [-0.25, -0.2) is 4.79 Å². The second-order valence-electron chi connectivity index (χ2n) is 5.36. The van der Waals surface area contributed by atoms with E-state index in [-0.39, 0.29) is 18.0 Å². The molecule has 114 valence electrons. The van der Waals surface area contributed by atoms with Gasteiger partial charge in [-0.2, -0.15) is 0 Å². The number of carbonyl (C=O) groups excluding carboxylic acids is 2. The number of nitrogens with zero attached hydrogens (tertiary/aromatic N) is 1. The van der Waals surface area contributed by atoms with Crippen molar-refractivity contribution in [2.75, 3.05) is 12.0 Å². The van der Waals surface area contributed by atoms with Crippen LogP contribution in [-0.4, -0.2) is 31.1 Å². The predicted octanol–water partition coefficient (Wildman–Crippen LogP) is 2.53. The summed E-state index contributed by atoms with van der Waals surface area (Å²) in [6.07, 6.45) is 1.89. The average molecular weight is 291 g/mol. The molecule has 1 aliphatic heterocycles. The summed E-state index contributed by atoms with van der Waals surface area (Å²) in [5.41, 5.74) is 0.700. The maximum absolute atomic E-state index is 12.2. The molecule has 1 atom stereocenters. The van der Waals surface area contributed by atoms with Gasteiger partial charge in [0.05, 0.1) is 13.2 Å². The first-order valence-electron chi connectivity index (χ1n) is 7.19. The highest BCUT2D eigenvalue weighted by atomic mass is 16.5. The lowest BCUT2D eigenvalue weighted by Crippen LogP contribution is -2.48. The summed E-state index contributed by atoms with van der Waals surface area (Å²) >= 11 is 0. The molecule has 2 rings (SSSR count). The lowest BCUT2D eigenvalue weighted by Gasteiger charge is -2.33. The predicted molar refractivity (Wildman–Crippen MR) is 79.3 cm³/mol. The first-order chi connectivity index (χ1) is 10.0. The van der Waals surface area contributed by atoms with Crippen LogP contribution in [0.1, 0.15) is 33.1 Å². The molecule has 1 unspecified atom stereocenters. The Labute approximate surface area is 124 Å². The Bertz CT molecular complexity index is 510. The number of benzene rings is 1. The second kappa shape index (κ2) is 6.61. The van der Waals surface area contributed by atoms with Crippen molar-refractivity contribution in [1.29, 1.82) is 0 Å². The van der Waals surface area contributed by atoms with Crippen LogP contribution in [0.5, 0.6) is 5.75 Å². The molecular formula is C16H21NO4. The number of ether oxygens (including phenoxy) is 2. The highest BCUT2D eigenvalue weighted by Crippen LogP contribution is 2.28. The van der Waals surface area contributed by atoms with E-state index in [0.717, 1.165) is 5.75 Å². The lowest BCUT2D eigenvalue weighted by molar-refractivity contribution is -0.144. The van der Waals surface area contributed by atoms with Crippen LogP contribution in [0.3, 0.4) is 0 Å². The number of carbonyl (C=O) groups is 2.